The summed E-state index contributed by atoms with van der Waals surface area (Å²) in [6.07, 6.45) is 3.49. The standard InChI is InChI=1S/C29H20Cl2N2O8S/c1-42(39,40)18-4-2-3-15(11-18)12-22(29(37)38)32-26(34)24-21(30)14-20-19(25(24)31)7-9-33(28(20)36)27(35)17-6-5-16-8-10-41-23(16)13-17/h2-11,13-14,22H,12H2,1H3,(H,32,34)(H,37,38)/t22-/m0/s1. The molecule has 214 valence electrons. The summed E-state index contributed by atoms with van der Waals surface area (Å²) in [4.78, 5) is 51.6. The summed E-state index contributed by atoms with van der Waals surface area (Å²) < 4.78 is 30.0. The fourth-order valence-electron chi connectivity index (χ4n) is 4.49. The zero-order valence-electron chi connectivity index (χ0n) is 21.6. The van der Waals surface area contributed by atoms with Gasteiger partial charge in [0.05, 0.1) is 32.2 Å². The summed E-state index contributed by atoms with van der Waals surface area (Å²) in [5.41, 5.74) is 0.0292. The number of halogens is 2. The Morgan fingerprint density at radius 1 is 1.02 bits per heavy atom. The zero-order valence-corrected chi connectivity index (χ0v) is 24.0. The van der Waals surface area contributed by atoms with Gasteiger partial charge in [0.15, 0.2) is 9.84 Å². The van der Waals surface area contributed by atoms with E-state index >= 15 is 0 Å². The summed E-state index contributed by atoms with van der Waals surface area (Å²) in [5, 5.41) is 12.5. The highest BCUT2D eigenvalue weighted by Gasteiger charge is 2.26. The highest BCUT2D eigenvalue weighted by Crippen LogP contribution is 2.32. The van der Waals surface area contributed by atoms with E-state index in [1.54, 1.807) is 18.2 Å². The normalized spacial score (nSPS) is 12.4. The monoisotopic (exact) mass is 626 g/mol. The van der Waals surface area contributed by atoms with Crippen molar-refractivity contribution in [1.82, 2.24) is 9.88 Å². The van der Waals surface area contributed by atoms with Gasteiger partial charge in [0.25, 0.3) is 17.4 Å². The van der Waals surface area contributed by atoms with Gasteiger partial charge in [-0.25, -0.2) is 17.8 Å². The summed E-state index contributed by atoms with van der Waals surface area (Å²) in [6, 6.07) is 13.3. The first-order chi connectivity index (χ1) is 19.8. The van der Waals surface area contributed by atoms with Crippen LogP contribution in [0.1, 0.15) is 26.3 Å². The smallest absolute Gasteiger partial charge is 0.326 e. The second kappa shape index (κ2) is 11.1. The Morgan fingerprint density at radius 3 is 2.50 bits per heavy atom. The Kier molecular flexibility index (Phi) is 7.67. The molecule has 0 aliphatic rings. The molecule has 13 heteroatoms. The molecule has 2 N–H and O–H groups in total. The number of fused-ring (bicyclic) bond motifs is 2. The minimum absolute atomic E-state index is 0.00161. The van der Waals surface area contributed by atoms with Gasteiger partial charge >= 0.3 is 5.97 Å². The van der Waals surface area contributed by atoms with Crippen molar-refractivity contribution in [3.8, 4) is 0 Å². The summed E-state index contributed by atoms with van der Waals surface area (Å²) in [6.45, 7) is 0. The molecule has 42 heavy (non-hydrogen) atoms. The van der Waals surface area contributed by atoms with Crippen molar-refractivity contribution in [3.05, 3.63) is 110 Å². The number of carboxylic acids is 1. The van der Waals surface area contributed by atoms with E-state index in [4.69, 9.17) is 27.6 Å². The van der Waals surface area contributed by atoms with Gasteiger partial charge in [0, 0.05) is 35.2 Å². The Balaban J connectivity index is 1.46. The van der Waals surface area contributed by atoms with E-state index in [9.17, 15) is 32.7 Å². The molecule has 0 unspecified atom stereocenters. The Morgan fingerprint density at radius 2 is 1.79 bits per heavy atom. The van der Waals surface area contributed by atoms with E-state index < -0.39 is 39.2 Å². The first-order valence-electron chi connectivity index (χ1n) is 12.2. The van der Waals surface area contributed by atoms with Crippen LogP contribution in [-0.2, 0) is 21.1 Å². The average Bonchev–Trinajstić information content (AvgIpc) is 3.41. The SMILES string of the molecule is CS(=O)(=O)c1cccc(C[C@H](NC(=O)c2c(Cl)cc3c(=O)n(C(=O)c4ccc5ccoc5c4)ccc3c2Cl)C(=O)O)c1. The van der Waals surface area contributed by atoms with E-state index in [2.05, 4.69) is 5.32 Å². The predicted molar refractivity (Wildman–Crippen MR) is 156 cm³/mol. The number of carboxylic acid groups (broad SMARTS) is 1. The fourth-order valence-corrected chi connectivity index (χ4v) is 5.87. The number of aliphatic carboxylic acids is 1. The molecule has 0 spiro atoms. The van der Waals surface area contributed by atoms with Gasteiger partial charge in [-0.05, 0) is 48.0 Å². The molecule has 0 bridgehead atoms. The van der Waals surface area contributed by atoms with Crippen LogP contribution in [0.5, 0.6) is 0 Å². The number of nitrogens with zero attached hydrogens (tertiary/aromatic N) is 1. The van der Waals surface area contributed by atoms with E-state index in [1.165, 1.54) is 54.9 Å². The third-order valence-electron chi connectivity index (χ3n) is 6.61. The number of sulfone groups is 1. The number of pyridine rings is 1. The molecule has 0 aliphatic carbocycles. The lowest BCUT2D eigenvalue weighted by molar-refractivity contribution is -0.139. The topological polar surface area (TPSA) is 153 Å². The molecule has 10 nitrogen and oxygen atoms in total. The molecule has 5 aromatic rings. The minimum atomic E-state index is -3.54. The average molecular weight is 627 g/mol. The number of carbonyl (C=O) groups excluding carboxylic acids is 2. The van der Waals surface area contributed by atoms with Crippen LogP contribution < -0.4 is 10.9 Å². The van der Waals surface area contributed by atoms with Crippen LogP contribution in [0, 0.1) is 0 Å². The lowest BCUT2D eigenvalue weighted by Crippen LogP contribution is -2.42. The van der Waals surface area contributed by atoms with Crippen LogP contribution in [0.2, 0.25) is 10.0 Å². The van der Waals surface area contributed by atoms with Gasteiger partial charge < -0.3 is 14.8 Å². The molecule has 0 radical (unpaired) electrons. The number of hydrogen-bond donors (Lipinski definition) is 2. The molecule has 3 aromatic carbocycles. The van der Waals surface area contributed by atoms with E-state index in [1.807, 2.05) is 0 Å². The number of rotatable bonds is 7. The maximum atomic E-state index is 13.3. The second-order valence-corrected chi connectivity index (χ2v) is 12.3. The predicted octanol–water partition coefficient (Wildman–Crippen LogP) is 4.57. The molecule has 0 aliphatic heterocycles. The molecule has 1 amide bonds. The van der Waals surface area contributed by atoms with Gasteiger partial charge in [-0.1, -0.05) is 41.4 Å². The molecule has 0 saturated heterocycles. The van der Waals surface area contributed by atoms with Crippen LogP contribution in [-0.4, -0.2) is 48.2 Å². The van der Waals surface area contributed by atoms with Gasteiger partial charge in [-0.15, -0.1) is 0 Å². The second-order valence-electron chi connectivity index (χ2n) is 9.47. The Hall–Kier alpha value is -4.45. The fraction of sp³-hybridized carbons (Fsp3) is 0.103. The maximum absolute atomic E-state index is 13.3. The number of nitrogens with one attached hydrogen (secondary N) is 1. The Labute approximate surface area is 248 Å². The quantitative estimate of drug-likeness (QED) is 0.266. The molecule has 0 saturated carbocycles. The number of amides is 1. The van der Waals surface area contributed by atoms with Crippen molar-refractivity contribution in [3.63, 3.8) is 0 Å². The number of benzene rings is 3. The van der Waals surface area contributed by atoms with Crippen molar-refractivity contribution < 1.29 is 32.3 Å². The van der Waals surface area contributed by atoms with E-state index in [-0.39, 0.29) is 43.3 Å². The van der Waals surface area contributed by atoms with Crippen molar-refractivity contribution >= 4 is 72.6 Å². The number of carbonyl (C=O) groups is 3. The lowest BCUT2D eigenvalue weighted by atomic mass is 10.0. The highest BCUT2D eigenvalue weighted by atomic mass is 35.5. The van der Waals surface area contributed by atoms with Crippen molar-refractivity contribution in [2.45, 2.75) is 17.4 Å². The maximum Gasteiger partial charge on any atom is 0.326 e. The van der Waals surface area contributed by atoms with E-state index in [0.29, 0.717) is 11.1 Å². The van der Waals surface area contributed by atoms with Gasteiger partial charge in [-0.3, -0.25) is 14.4 Å². The van der Waals surface area contributed by atoms with Gasteiger partial charge in [0.2, 0.25) is 0 Å². The van der Waals surface area contributed by atoms with E-state index in [0.717, 1.165) is 16.2 Å². The Bertz CT molecular complexity index is 2100. The molecular weight excluding hydrogens is 607 g/mol. The third-order valence-corrected chi connectivity index (χ3v) is 8.42. The van der Waals surface area contributed by atoms with Gasteiger partial charge in [0.1, 0.15) is 11.6 Å². The summed E-state index contributed by atoms with van der Waals surface area (Å²) in [5.74, 6) is -2.93. The molecular formula is C29H20Cl2N2O8S. The zero-order chi connectivity index (χ0) is 30.3. The van der Waals surface area contributed by atoms with Crippen LogP contribution in [0.15, 0.2) is 87.2 Å². The third kappa shape index (κ3) is 5.54. The number of furan rings is 1. The van der Waals surface area contributed by atoms with Crippen molar-refractivity contribution in [2.24, 2.45) is 0 Å². The van der Waals surface area contributed by atoms with Gasteiger partial charge in [-0.2, -0.15) is 0 Å². The first-order valence-corrected chi connectivity index (χ1v) is 14.9. The molecule has 2 heterocycles. The van der Waals surface area contributed by atoms with Crippen molar-refractivity contribution in [2.75, 3.05) is 6.26 Å². The van der Waals surface area contributed by atoms with Crippen LogP contribution in [0.25, 0.3) is 21.7 Å². The first kappa shape index (κ1) is 29.1. The van der Waals surface area contributed by atoms with Crippen LogP contribution in [0.3, 0.4) is 0 Å². The molecule has 5 rings (SSSR count). The molecule has 1 atom stereocenters. The highest BCUT2D eigenvalue weighted by molar-refractivity contribution is 7.90. The largest absolute Gasteiger partial charge is 0.480 e. The summed E-state index contributed by atoms with van der Waals surface area (Å²) >= 11 is 12.9. The summed E-state index contributed by atoms with van der Waals surface area (Å²) in [7, 11) is -3.54. The molecule has 0 fully saturated rings. The molecule has 2 aromatic heterocycles. The van der Waals surface area contributed by atoms with Crippen LogP contribution >= 0.6 is 23.2 Å². The van der Waals surface area contributed by atoms with Crippen LogP contribution in [0.4, 0.5) is 0 Å². The minimum Gasteiger partial charge on any atom is -0.480 e. The lowest BCUT2D eigenvalue weighted by Gasteiger charge is -2.17. The number of aromatic nitrogens is 1. The number of hydrogen-bond acceptors (Lipinski definition) is 7. The van der Waals surface area contributed by atoms with Crippen molar-refractivity contribution in [1.29, 1.82) is 0 Å².